The Morgan fingerprint density at radius 2 is 1.43 bits per heavy atom. The van der Waals surface area contributed by atoms with Crippen molar-refractivity contribution in [3.05, 3.63) is 24.3 Å². The third kappa shape index (κ3) is 14.0. The quantitative estimate of drug-likeness (QED) is 0.239. The van der Waals surface area contributed by atoms with Crippen molar-refractivity contribution in [1.82, 2.24) is 0 Å². The molecule has 1 atom stereocenters. The number of carbonyl (C=O) groups is 2. The van der Waals surface area contributed by atoms with E-state index in [9.17, 15) is 9.59 Å². The summed E-state index contributed by atoms with van der Waals surface area (Å²) in [5, 5.41) is 8.91. The Morgan fingerprint density at radius 3 is 1.96 bits per heavy atom. The molecule has 3 heteroatoms. The van der Waals surface area contributed by atoms with Crippen molar-refractivity contribution in [3.8, 4) is 0 Å². The van der Waals surface area contributed by atoms with Crippen LogP contribution in [0.3, 0.4) is 0 Å². The van der Waals surface area contributed by atoms with E-state index in [4.69, 9.17) is 5.11 Å². The lowest BCUT2D eigenvalue weighted by molar-refractivity contribution is -0.146. The maximum Gasteiger partial charge on any atom is 0.314 e. The molecule has 0 radical (unpaired) electrons. The van der Waals surface area contributed by atoms with Crippen LogP contribution >= 0.6 is 0 Å². The molecule has 23 heavy (non-hydrogen) atoms. The molecular formula is C20H34O3. The number of Topliss-reactive ketones (excluding diaryl/α,β-unsaturated/α-hetero) is 1. The fourth-order valence-corrected chi connectivity index (χ4v) is 2.48. The number of aliphatic carboxylic acids is 1. The topological polar surface area (TPSA) is 54.4 Å². The van der Waals surface area contributed by atoms with Crippen LogP contribution in [0.15, 0.2) is 24.3 Å². The summed E-state index contributed by atoms with van der Waals surface area (Å²) < 4.78 is 0. The van der Waals surface area contributed by atoms with E-state index in [0.29, 0.717) is 6.42 Å². The van der Waals surface area contributed by atoms with Crippen molar-refractivity contribution in [3.63, 3.8) is 0 Å². The molecule has 1 N–H and O–H groups in total. The zero-order valence-electron chi connectivity index (χ0n) is 14.9. The number of unbranched alkanes of at least 4 members (excludes halogenated alkanes) is 7. The van der Waals surface area contributed by atoms with Gasteiger partial charge in [0.2, 0.25) is 0 Å². The minimum absolute atomic E-state index is 0.233. The summed E-state index contributed by atoms with van der Waals surface area (Å²) in [7, 11) is 0. The molecule has 0 saturated heterocycles. The Morgan fingerprint density at radius 1 is 0.870 bits per heavy atom. The predicted octanol–water partition coefficient (Wildman–Crippen LogP) is 5.70. The number of carboxylic acid groups (broad SMARTS) is 1. The Hall–Kier alpha value is -1.38. The molecule has 0 aromatic heterocycles. The fourth-order valence-electron chi connectivity index (χ4n) is 2.48. The highest BCUT2D eigenvalue weighted by atomic mass is 16.4. The van der Waals surface area contributed by atoms with Crippen LogP contribution in [0.25, 0.3) is 0 Å². The van der Waals surface area contributed by atoms with Gasteiger partial charge in [0.15, 0.2) is 0 Å². The van der Waals surface area contributed by atoms with Crippen molar-refractivity contribution in [2.24, 2.45) is 5.92 Å². The molecule has 0 aliphatic carbocycles. The summed E-state index contributed by atoms with van der Waals surface area (Å²) in [6.07, 6.45) is 20.7. The summed E-state index contributed by atoms with van der Waals surface area (Å²) in [5.74, 6) is -2.02. The zero-order valence-corrected chi connectivity index (χ0v) is 14.9. The van der Waals surface area contributed by atoms with E-state index >= 15 is 0 Å². The van der Waals surface area contributed by atoms with E-state index in [1.807, 2.05) is 0 Å². The highest BCUT2D eigenvalue weighted by Gasteiger charge is 2.21. The molecule has 0 spiro atoms. The van der Waals surface area contributed by atoms with Gasteiger partial charge >= 0.3 is 5.97 Å². The maximum absolute atomic E-state index is 11.2. The highest BCUT2D eigenvalue weighted by molar-refractivity contribution is 5.96. The van der Waals surface area contributed by atoms with Gasteiger partial charge in [-0.05, 0) is 45.4 Å². The number of rotatable bonds is 15. The van der Waals surface area contributed by atoms with Crippen LogP contribution in [0.5, 0.6) is 0 Å². The molecule has 0 aromatic carbocycles. The van der Waals surface area contributed by atoms with Crippen LogP contribution in [0.1, 0.15) is 84.5 Å². The number of carboxylic acids is 1. The normalized spacial score (nSPS) is 13.0. The van der Waals surface area contributed by atoms with Crippen LogP contribution in [-0.4, -0.2) is 16.9 Å². The van der Waals surface area contributed by atoms with Crippen LogP contribution < -0.4 is 0 Å². The molecular weight excluding hydrogens is 288 g/mol. The number of hydrogen-bond donors (Lipinski definition) is 1. The van der Waals surface area contributed by atoms with Gasteiger partial charge in [-0.2, -0.15) is 0 Å². The fraction of sp³-hybridized carbons (Fsp3) is 0.700. The average Bonchev–Trinajstić information content (AvgIpc) is 2.50. The average molecular weight is 322 g/mol. The van der Waals surface area contributed by atoms with Crippen molar-refractivity contribution in [1.29, 1.82) is 0 Å². The molecule has 1 unspecified atom stereocenters. The number of ketones is 1. The van der Waals surface area contributed by atoms with Crippen molar-refractivity contribution >= 4 is 11.8 Å². The first-order valence-corrected chi connectivity index (χ1v) is 9.12. The summed E-state index contributed by atoms with van der Waals surface area (Å²) >= 11 is 0. The monoisotopic (exact) mass is 322 g/mol. The molecule has 0 aromatic rings. The van der Waals surface area contributed by atoms with Crippen LogP contribution in [0, 0.1) is 5.92 Å². The van der Waals surface area contributed by atoms with Gasteiger partial charge in [0.05, 0.1) is 0 Å². The molecule has 0 amide bonds. The highest BCUT2D eigenvalue weighted by Crippen LogP contribution is 2.13. The van der Waals surface area contributed by atoms with Gasteiger partial charge in [0.25, 0.3) is 0 Å². The number of hydrogen-bond acceptors (Lipinski definition) is 2. The maximum atomic E-state index is 11.2. The smallest absolute Gasteiger partial charge is 0.314 e. The van der Waals surface area contributed by atoms with E-state index < -0.39 is 11.9 Å². The standard InChI is InChI=1S/C20H34O3/c1-3-4-5-6-7-8-9-10-11-12-13-14-15-16-17-19(18(2)21)20(22)23/h7-8,10-11,19H,3-6,9,12-17H2,1-2H3,(H,22,23)/b8-7-,11-10-. The van der Waals surface area contributed by atoms with E-state index in [1.165, 1.54) is 32.6 Å². The molecule has 0 aliphatic rings. The van der Waals surface area contributed by atoms with Gasteiger partial charge in [0, 0.05) is 0 Å². The van der Waals surface area contributed by atoms with Crippen LogP contribution in [0.4, 0.5) is 0 Å². The molecule has 0 bridgehead atoms. The second-order valence-electron chi connectivity index (χ2n) is 6.17. The first-order chi connectivity index (χ1) is 11.1. The van der Waals surface area contributed by atoms with E-state index in [2.05, 4.69) is 31.2 Å². The summed E-state index contributed by atoms with van der Waals surface area (Å²) in [5.41, 5.74) is 0. The van der Waals surface area contributed by atoms with Gasteiger partial charge in [-0.3, -0.25) is 9.59 Å². The summed E-state index contributed by atoms with van der Waals surface area (Å²) in [6.45, 7) is 3.59. The number of carbonyl (C=O) groups excluding carboxylic acids is 1. The lowest BCUT2D eigenvalue weighted by atomic mass is 9.97. The third-order valence-electron chi connectivity index (χ3n) is 3.98. The zero-order chi connectivity index (χ0) is 17.3. The molecule has 0 fully saturated rings. The van der Waals surface area contributed by atoms with Crippen LogP contribution in [-0.2, 0) is 9.59 Å². The SMILES string of the molecule is CCCCC/C=C\C/C=C\CCCCCCC(C(C)=O)C(=O)O. The van der Waals surface area contributed by atoms with Gasteiger partial charge < -0.3 is 5.11 Å². The molecule has 0 heterocycles. The first-order valence-electron chi connectivity index (χ1n) is 9.12. The molecule has 3 nitrogen and oxygen atoms in total. The van der Waals surface area contributed by atoms with Gasteiger partial charge in [0.1, 0.15) is 11.7 Å². The summed E-state index contributed by atoms with van der Waals surface area (Å²) in [6, 6.07) is 0. The van der Waals surface area contributed by atoms with Crippen LogP contribution in [0.2, 0.25) is 0 Å². The largest absolute Gasteiger partial charge is 0.481 e. The lowest BCUT2D eigenvalue weighted by Gasteiger charge is -2.07. The Bertz CT molecular complexity index is 355. The lowest BCUT2D eigenvalue weighted by Crippen LogP contribution is -2.21. The first kappa shape index (κ1) is 21.6. The van der Waals surface area contributed by atoms with Crippen molar-refractivity contribution in [2.45, 2.75) is 84.5 Å². The van der Waals surface area contributed by atoms with E-state index in [-0.39, 0.29) is 5.78 Å². The van der Waals surface area contributed by atoms with E-state index in [0.717, 1.165) is 38.5 Å². The minimum Gasteiger partial charge on any atom is -0.481 e. The summed E-state index contributed by atoms with van der Waals surface area (Å²) in [4.78, 5) is 22.0. The Balaban J connectivity index is 3.46. The van der Waals surface area contributed by atoms with Gasteiger partial charge in [-0.15, -0.1) is 0 Å². The van der Waals surface area contributed by atoms with E-state index in [1.54, 1.807) is 0 Å². The Kier molecular flexibility index (Phi) is 14.6. The molecule has 132 valence electrons. The number of allylic oxidation sites excluding steroid dienone is 4. The van der Waals surface area contributed by atoms with Gasteiger partial charge in [-0.1, -0.05) is 63.3 Å². The minimum atomic E-state index is -0.983. The molecule has 0 rings (SSSR count). The second kappa shape index (κ2) is 15.5. The Labute approximate surface area is 141 Å². The van der Waals surface area contributed by atoms with Crippen molar-refractivity contribution in [2.75, 3.05) is 0 Å². The molecule has 0 saturated carbocycles. The second-order valence-corrected chi connectivity index (χ2v) is 6.17. The molecule has 0 aliphatic heterocycles. The predicted molar refractivity (Wildman–Crippen MR) is 96.5 cm³/mol. The third-order valence-corrected chi connectivity index (χ3v) is 3.98. The van der Waals surface area contributed by atoms with Gasteiger partial charge in [-0.25, -0.2) is 0 Å². The van der Waals surface area contributed by atoms with Crippen molar-refractivity contribution < 1.29 is 14.7 Å².